The molecule has 0 bridgehead atoms. The third-order valence-corrected chi connectivity index (χ3v) is 9.81. The topological polar surface area (TPSA) is 211 Å². The average Bonchev–Trinajstić information content (AvgIpc) is 3.20. The number of fused-ring (bicyclic) bond motifs is 3. The molecule has 0 amide bonds. The third kappa shape index (κ3) is 9.92. The van der Waals surface area contributed by atoms with E-state index in [9.17, 15) is 45.6 Å². The SMILES string of the molecule is C.C.C.O=c1c(-c2ccc(O)cc2)coc2cc(O)ccc12.Oc1ccc([C@@H]2COc3cc(O)ccc3[C@@H]2O)cc1.Oc1ccc([C@@H]2COc3cc(O)ccc3[C@H]2O)cc1. The summed E-state index contributed by atoms with van der Waals surface area (Å²) in [6.45, 7) is 0.671. The number of aliphatic hydroxyl groups excluding tert-OH is 2. The zero-order valence-corrected chi connectivity index (χ0v) is 30.1. The molecule has 3 heterocycles. The lowest BCUT2D eigenvalue weighted by atomic mass is 9.87. The van der Waals surface area contributed by atoms with E-state index in [1.807, 2.05) is 0 Å². The number of benzene rings is 6. The van der Waals surface area contributed by atoms with Gasteiger partial charge >= 0.3 is 0 Å². The Hall–Kier alpha value is -7.15. The fourth-order valence-electron chi connectivity index (χ4n) is 6.72. The summed E-state index contributed by atoms with van der Waals surface area (Å²) in [6.07, 6.45) is -0.0148. The Balaban J connectivity index is 0.000000194. The van der Waals surface area contributed by atoms with Crippen LogP contribution in [0.3, 0.4) is 0 Å². The normalized spacial score (nSPS) is 17.0. The van der Waals surface area contributed by atoms with E-state index in [0.717, 1.165) is 11.1 Å². The molecule has 0 radical (unpaired) electrons. The number of ether oxygens (including phenoxy) is 2. The Morgan fingerprint density at radius 1 is 0.467 bits per heavy atom. The number of hydrogen-bond acceptors (Lipinski definition) is 12. The van der Waals surface area contributed by atoms with E-state index < -0.39 is 12.2 Å². The van der Waals surface area contributed by atoms with Gasteiger partial charge in [-0.2, -0.15) is 0 Å². The van der Waals surface area contributed by atoms with Gasteiger partial charge in [0.1, 0.15) is 57.8 Å². The molecule has 0 saturated heterocycles. The fraction of sp³-hybridized carbons (Fsp3) is 0.188. The van der Waals surface area contributed by atoms with Gasteiger partial charge in [0.15, 0.2) is 5.43 Å². The molecular weight excluding hydrogens is 769 g/mol. The van der Waals surface area contributed by atoms with Gasteiger partial charge in [-0.25, -0.2) is 0 Å². The average molecular weight is 819 g/mol. The van der Waals surface area contributed by atoms with Crippen LogP contribution in [0.1, 0.15) is 68.6 Å². The van der Waals surface area contributed by atoms with Crippen LogP contribution in [-0.4, -0.2) is 54.1 Å². The highest BCUT2D eigenvalue weighted by Crippen LogP contribution is 2.43. The second-order valence-corrected chi connectivity index (χ2v) is 13.6. The maximum atomic E-state index is 12.3. The van der Waals surface area contributed by atoms with E-state index in [1.54, 1.807) is 72.8 Å². The summed E-state index contributed by atoms with van der Waals surface area (Å²) in [5.41, 5.74) is 4.40. The number of aromatic hydroxyl groups is 6. The summed E-state index contributed by atoms with van der Waals surface area (Å²) < 4.78 is 16.5. The third-order valence-electron chi connectivity index (χ3n) is 9.81. The molecule has 12 nitrogen and oxygen atoms in total. The molecule has 1 aromatic heterocycles. The molecule has 2 aliphatic rings. The van der Waals surface area contributed by atoms with Gasteiger partial charge in [0.05, 0.1) is 36.4 Å². The first-order valence-electron chi connectivity index (χ1n) is 17.8. The van der Waals surface area contributed by atoms with Crippen molar-refractivity contribution in [2.75, 3.05) is 13.2 Å². The summed E-state index contributed by atoms with van der Waals surface area (Å²) >= 11 is 0. The van der Waals surface area contributed by atoms with Crippen molar-refractivity contribution >= 4 is 11.0 Å². The lowest BCUT2D eigenvalue weighted by molar-refractivity contribution is 0.0884. The number of hydrogen-bond donors (Lipinski definition) is 8. The molecule has 60 heavy (non-hydrogen) atoms. The second-order valence-electron chi connectivity index (χ2n) is 13.6. The Bertz CT molecular complexity index is 2440. The maximum absolute atomic E-state index is 12.3. The Morgan fingerprint density at radius 2 is 0.850 bits per heavy atom. The zero-order valence-electron chi connectivity index (χ0n) is 30.1. The van der Waals surface area contributed by atoms with Crippen LogP contribution in [0.25, 0.3) is 22.1 Å². The van der Waals surface area contributed by atoms with Crippen LogP contribution in [0.5, 0.6) is 46.0 Å². The number of rotatable bonds is 3. The fourth-order valence-corrected chi connectivity index (χ4v) is 6.72. The number of aliphatic hydroxyl groups is 2. The largest absolute Gasteiger partial charge is 0.508 e. The van der Waals surface area contributed by atoms with Gasteiger partial charge in [0.2, 0.25) is 0 Å². The van der Waals surface area contributed by atoms with Crippen LogP contribution in [0.4, 0.5) is 0 Å². The van der Waals surface area contributed by atoms with Gasteiger partial charge in [-0.1, -0.05) is 58.7 Å². The van der Waals surface area contributed by atoms with Gasteiger partial charge in [0, 0.05) is 41.2 Å². The summed E-state index contributed by atoms with van der Waals surface area (Å²) in [5.74, 6) is 1.48. The van der Waals surface area contributed by atoms with Gasteiger partial charge in [0.25, 0.3) is 0 Å². The van der Waals surface area contributed by atoms with E-state index in [0.29, 0.717) is 57.9 Å². The van der Waals surface area contributed by atoms with Crippen LogP contribution in [0.2, 0.25) is 0 Å². The van der Waals surface area contributed by atoms with Crippen LogP contribution < -0.4 is 14.9 Å². The van der Waals surface area contributed by atoms with Crippen LogP contribution in [-0.2, 0) is 0 Å². The molecule has 6 aromatic carbocycles. The van der Waals surface area contributed by atoms with Crippen LogP contribution in [0, 0.1) is 0 Å². The molecule has 2 aliphatic heterocycles. The molecule has 4 atom stereocenters. The first kappa shape index (κ1) is 45.6. The molecule has 12 heteroatoms. The van der Waals surface area contributed by atoms with E-state index >= 15 is 0 Å². The van der Waals surface area contributed by atoms with Crippen molar-refractivity contribution in [1.29, 1.82) is 0 Å². The predicted octanol–water partition coefficient (Wildman–Crippen LogP) is 9.39. The van der Waals surface area contributed by atoms with E-state index in [4.69, 9.17) is 13.9 Å². The molecule has 0 aliphatic carbocycles. The van der Waals surface area contributed by atoms with Crippen molar-refractivity contribution in [2.24, 2.45) is 0 Å². The van der Waals surface area contributed by atoms with Gasteiger partial charge in [-0.05, 0) is 89.5 Å². The number of phenolic OH excluding ortho intramolecular Hbond substituents is 6. The summed E-state index contributed by atoms with van der Waals surface area (Å²) in [7, 11) is 0. The monoisotopic (exact) mass is 818 g/mol. The molecule has 0 spiro atoms. The van der Waals surface area contributed by atoms with Gasteiger partial charge in [-0.15, -0.1) is 0 Å². The van der Waals surface area contributed by atoms with Crippen LogP contribution >= 0.6 is 0 Å². The van der Waals surface area contributed by atoms with Crippen molar-refractivity contribution < 1.29 is 54.7 Å². The molecule has 9 rings (SSSR count). The maximum Gasteiger partial charge on any atom is 0.200 e. The second kappa shape index (κ2) is 19.5. The van der Waals surface area contributed by atoms with Gasteiger partial charge < -0.3 is 54.7 Å². The highest BCUT2D eigenvalue weighted by atomic mass is 16.5. The van der Waals surface area contributed by atoms with Crippen molar-refractivity contribution in [3.05, 3.63) is 166 Å². The van der Waals surface area contributed by atoms with Crippen LogP contribution in [0.15, 0.2) is 143 Å². The lowest BCUT2D eigenvalue weighted by Gasteiger charge is -2.30. The molecule has 0 unspecified atom stereocenters. The van der Waals surface area contributed by atoms with E-state index in [1.165, 1.54) is 60.9 Å². The minimum atomic E-state index is -0.686. The molecule has 0 fully saturated rings. The van der Waals surface area contributed by atoms with Crippen molar-refractivity contribution in [3.8, 4) is 57.1 Å². The standard InChI is InChI=1S/2C15H14O4.C15H10O4.3CH4/c3*16-10-3-1-9(2-4-10)13-8-19-14-7-11(17)5-6-12(14)15(13)18;;;/h2*1-7,13,15-18H,8H2;1-8,16-17H;3*1H4/t13-,15+;13-,15-;;;;/m00..../s1. The number of phenols is 6. The first-order chi connectivity index (χ1) is 27.4. The molecule has 314 valence electrons. The van der Waals surface area contributed by atoms with Crippen molar-refractivity contribution in [3.63, 3.8) is 0 Å². The predicted molar refractivity (Wildman–Crippen MR) is 230 cm³/mol. The van der Waals surface area contributed by atoms with Gasteiger partial charge in [-0.3, -0.25) is 4.79 Å². The minimum absolute atomic E-state index is 0. The summed E-state index contributed by atoms with van der Waals surface area (Å²) in [5, 5.41) is 77.2. The minimum Gasteiger partial charge on any atom is -0.508 e. The first-order valence-corrected chi connectivity index (χ1v) is 17.8. The van der Waals surface area contributed by atoms with Crippen molar-refractivity contribution in [2.45, 2.75) is 46.3 Å². The summed E-state index contributed by atoms with van der Waals surface area (Å²) in [4.78, 5) is 12.3. The zero-order chi connectivity index (χ0) is 40.2. The quantitative estimate of drug-likeness (QED) is 0.0838. The molecule has 0 saturated carbocycles. The molecule has 7 aromatic rings. The van der Waals surface area contributed by atoms with E-state index in [-0.39, 0.29) is 74.0 Å². The lowest BCUT2D eigenvalue weighted by Crippen LogP contribution is -2.24. The Morgan fingerprint density at radius 3 is 1.30 bits per heavy atom. The Labute approximate surface area is 347 Å². The van der Waals surface area contributed by atoms with E-state index in [2.05, 4.69) is 0 Å². The molecular formula is C48H50O12. The highest BCUT2D eigenvalue weighted by molar-refractivity contribution is 5.82. The highest BCUT2D eigenvalue weighted by Gasteiger charge is 2.32. The van der Waals surface area contributed by atoms with Crippen molar-refractivity contribution in [1.82, 2.24) is 0 Å². The Kier molecular flexibility index (Phi) is 14.8. The molecule has 8 N–H and O–H groups in total. The summed E-state index contributed by atoms with van der Waals surface area (Å²) in [6, 6.07) is 33.6. The smallest absolute Gasteiger partial charge is 0.200 e.